The molecule has 3 aromatic carbocycles. The second-order valence-electron chi connectivity index (χ2n) is 9.05. The van der Waals surface area contributed by atoms with E-state index in [1.54, 1.807) is 19.2 Å². The molecule has 2 amide bonds. The summed E-state index contributed by atoms with van der Waals surface area (Å²) in [4.78, 5) is 29.8. The van der Waals surface area contributed by atoms with Gasteiger partial charge >= 0.3 is 0 Å². The average Bonchev–Trinajstić information content (AvgIpc) is 3.53. The van der Waals surface area contributed by atoms with Crippen molar-refractivity contribution in [3.05, 3.63) is 89.5 Å². The predicted molar refractivity (Wildman–Crippen MR) is 150 cm³/mol. The van der Waals surface area contributed by atoms with Crippen LogP contribution in [0.5, 0.6) is 11.5 Å². The maximum atomic E-state index is 12.9. The van der Waals surface area contributed by atoms with Crippen molar-refractivity contribution in [2.24, 2.45) is 10.1 Å². The second kappa shape index (κ2) is 11.1. The minimum absolute atomic E-state index is 0.0225. The highest BCUT2D eigenvalue weighted by molar-refractivity contribution is 8.15. The Bertz CT molecular complexity index is 1410. The molecule has 0 unspecified atom stereocenters. The third-order valence-corrected chi connectivity index (χ3v) is 7.59. The zero-order chi connectivity index (χ0) is 26.6. The molecule has 0 bridgehead atoms. The third kappa shape index (κ3) is 5.43. The molecule has 5 rings (SSSR count). The van der Waals surface area contributed by atoms with Gasteiger partial charge in [-0.05, 0) is 42.8 Å². The van der Waals surface area contributed by atoms with Crippen molar-refractivity contribution in [3.63, 3.8) is 0 Å². The summed E-state index contributed by atoms with van der Waals surface area (Å²) >= 11 is 1.27. The Hall–Kier alpha value is -4.11. The number of para-hydroxylation sites is 1. The van der Waals surface area contributed by atoms with E-state index < -0.39 is 5.25 Å². The zero-order valence-corrected chi connectivity index (χ0v) is 22.2. The van der Waals surface area contributed by atoms with E-state index in [9.17, 15) is 9.59 Å². The van der Waals surface area contributed by atoms with Crippen molar-refractivity contribution < 1.29 is 19.1 Å². The third-order valence-electron chi connectivity index (χ3n) is 6.44. The van der Waals surface area contributed by atoms with Gasteiger partial charge < -0.3 is 14.8 Å². The Balaban J connectivity index is 1.41. The molecule has 0 radical (unpaired) electrons. The lowest BCUT2D eigenvalue weighted by Gasteiger charge is -2.23. The van der Waals surface area contributed by atoms with Crippen LogP contribution in [0.1, 0.15) is 35.6 Å². The first-order chi connectivity index (χ1) is 18.4. The van der Waals surface area contributed by atoms with Gasteiger partial charge in [0, 0.05) is 24.1 Å². The van der Waals surface area contributed by atoms with E-state index in [1.165, 1.54) is 11.8 Å². The molecule has 8 nitrogen and oxygen atoms in total. The van der Waals surface area contributed by atoms with E-state index in [-0.39, 0.29) is 24.3 Å². The van der Waals surface area contributed by atoms with Crippen LogP contribution in [-0.2, 0) is 9.59 Å². The topological polar surface area (TPSA) is 92.6 Å². The Morgan fingerprint density at radius 2 is 1.82 bits per heavy atom. The lowest BCUT2D eigenvalue weighted by Crippen LogP contribution is -2.25. The molecule has 2 aliphatic heterocycles. The standard InChI is InChI=1S/C29H28N4O4S/c1-18-9-11-19(12-10-18)24-16-23(22-15-21(36-2)13-14-25(22)37-3)32-33(24)29-31-28(35)26(38-29)17-27(34)30-20-7-5-4-6-8-20/h4-15,24,26H,16-17H2,1-3H3,(H,30,34)/t24-,26+/m0/s1. The number of hydrazone groups is 1. The fraction of sp³-hybridized carbons (Fsp3) is 0.241. The zero-order valence-electron chi connectivity index (χ0n) is 21.4. The van der Waals surface area contributed by atoms with Crippen LogP contribution in [0.15, 0.2) is 82.9 Å². The molecule has 38 heavy (non-hydrogen) atoms. The number of nitrogens with zero attached hydrogens (tertiary/aromatic N) is 3. The summed E-state index contributed by atoms with van der Waals surface area (Å²) in [6.45, 7) is 2.04. The molecule has 9 heteroatoms. The lowest BCUT2D eigenvalue weighted by molar-refractivity contribution is -0.121. The van der Waals surface area contributed by atoms with Crippen molar-refractivity contribution in [2.45, 2.75) is 31.1 Å². The molecule has 2 aliphatic rings. The smallest absolute Gasteiger partial charge is 0.262 e. The maximum absolute atomic E-state index is 12.9. The van der Waals surface area contributed by atoms with E-state index >= 15 is 0 Å². The van der Waals surface area contributed by atoms with Gasteiger partial charge in [0.15, 0.2) is 5.17 Å². The molecule has 0 spiro atoms. The van der Waals surface area contributed by atoms with Crippen LogP contribution in [0, 0.1) is 6.92 Å². The summed E-state index contributed by atoms with van der Waals surface area (Å²) in [5.41, 5.74) is 4.51. The number of amidine groups is 1. The van der Waals surface area contributed by atoms with Crippen molar-refractivity contribution >= 4 is 40.1 Å². The van der Waals surface area contributed by atoms with Crippen LogP contribution in [0.3, 0.4) is 0 Å². The number of aryl methyl sites for hydroxylation is 1. The van der Waals surface area contributed by atoms with Gasteiger partial charge in [-0.15, -0.1) is 0 Å². The lowest BCUT2D eigenvalue weighted by atomic mass is 9.97. The van der Waals surface area contributed by atoms with Gasteiger partial charge in [0.05, 0.1) is 26.0 Å². The van der Waals surface area contributed by atoms with Crippen molar-refractivity contribution in [3.8, 4) is 11.5 Å². The van der Waals surface area contributed by atoms with Crippen LogP contribution >= 0.6 is 11.8 Å². The molecule has 0 fully saturated rings. The van der Waals surface area contributed by atoms with Gasteiger partial charge in [-0.3, -0.25) is 9.59 Å². The molecule has 0 saturated heterocycles. The SMILES string of the molecule is COc1ccc(OC)c(C2=NN(C3=NC(=O)[C@@H](CC(=O)Nc4ccccc4)S3)[C@H](c3ccc(C)cc3)C2)c1. The number of ether oxygens (including phenoxy) is 2. The Morgan fingerprint density at radius 3 is 2.53 bits per heavy atom. The summed E-state index contributed by atoms with van der Waals surface area (Å²) in [6.07, 6.45) is 0.605. The van der Waals surface area contributed by atoms with Crippen molar-refractivity contribution in [2.75, 3.05) is 19.5 Å². The summed E-state index contributed by atoms with van der Waals surface area (Å²) in [5.74, 6) is 0.807. The van der Waals surface area contributed by atoms with Crippen LogP contribution in [-0.4, -0.2) is 47.2 Å². The number of hydrogen-bond donors (Lipinski definition) is 1. The number of anilines is 1. The van der Waals surface area contributed by atoms with Gasteiger partial charge in [0.1, 0.15) is 16.7 Å². The number of carbonyl (C=O) groups excluding carboxylic acids is 2. The molecule has 1 N–H and O–H groups in total. The predicted octanol–water partition coefficient (Wildman–Crippen LogP) is 5.19. The van der Waals surface area contributed by atoms with Crippen molar-refractivity contribution in [1.29, 1.82) is 0 Å². The number of rotatable bonds is 7. The number of methoxy groups -OCH3 is 2. The summed E-state index contributed by atoms with van der Waals surface area (Å²) in [5, 5.41) is 9.44. The molecule has 3 aromatic rings. The second-order valence-corrected chi connectivity index (χ2v) is 10.2. The van der Waals surface area contributed by atoms with E-state index in [1.807, 2.05) is 55.5 Å². The molecule has 0 saturated carbocycles. The number of amides is 2. The number of thioether (sulfide) groups is 1. The molecular formula is C29H28N4O4S. The van der Waals surface area contributed by atoms with Crippen LogP contribution in [0.2, 0.25) is 0 Å². The minimum Gasteiger partial charge on any atom is -0.497 e. The largest absolute Gasteiger partial charge is 0.497 e. The number of nitrogens with one attached hydrogen (secondary N) is 1. The van der Waals surface area contributed by atoms with Gasteiger partial charge in [-0.2, -0.15) is 10.1 Å². The maximum Gasteiger partial charge on any atom is 0.262 e. The van der Waals surface area contributed by atoms with E-state index in [4.69, 9.17) is 14.6 Å². The quantitative estimate of drug-likeness (QED) is 0.454. The highest BCUT2D eigenvalue weighted by Gasteiger charge is 2.39. The van der Waals surface area contributed by atoms with E-state index in [0.29, 0.717) is 28.8 Å². The Labute approximate surface area is 225 Å². The highest BCUT2D eigenvalue weighted by atomic mass is 32.2. The van der Waals surface area contributed by atoms with Gasteiger partial charge in [-0.25, -0.2) is 5.01 Å². The molecule has 0 aromatic heterocycles. The van der Waals surface area contributed by atoms with Crippen molar-refractivity contribution in [1.82, 2.24) is 5.01 Å². The molecule has 2 heterocycles. The van der Waals surface area contributed by atoms with Gasteiger partial charge in [0.2, 0.25) is 5.91 Å². The van der Waals surface area contributed by atoms with E-state index in [0.717, 1.165) is 22.4 Å². The Kier molecular flexibility index (Phi) is 7.46. The fourth-order valence-corrected chi connectivity index (χ4v) is 5.51. The number of benzene rings is 3. The summed E-state index contributed by atoms with van der Waals surface area (Å²) in [7, 11) is 3.24. The Morgan fingerprint density at radius 1 is 1.05 bits per heavy atom. The fourth-order valence-electron chi connectivity index (χ4n) is 4.44. The molecule has 2 atom stereocenters. The average molecular weight is 529 g/mol. The first-order valence-electron chi connectivity index (χ1n) is 12.2. The first kappa shape index (κ1) is 25.5. The van der Waals surface area contributed by atoms with Crippen LogP contribution < -0.4 is 14.8 Å². The highest BCUT2D eigenvalue weighted by Crippen LogP contribution is 2.40. The molecular weight excluding hydrogens is 500 g/mol. The summed E-state index contributed by atoms with van der Waals surface area (Å²) in [6, 6.07) is 22.9. The van der Waals surface area contributed by atoms with Crippen LogP contribution in [0.4, 0.5) is 5.69 Å². The first-order valence-corrected chi connectivity index (χ1v) is 13.1. The van der Waals surface area contributed by atoms with E-state index in [2.05, 4.69) is 34.6 Å². The number of aliphatic imine (C=N–C) groups is 1. The number of carbonyl (C=O) groups is 2. The minimum atomic E-state index is -0.613. The van der Waals surface area contributed by atoms with Gasteiger partial charge in [0.25, 0.3) is 5.91 Å². The monoisotopic (exact) mass is 528 g/mol. The molecule has 0 aliphatic carbocycles. The van der Waals surface area contributed by atoms with Gasteiger partial charge in [-0.1, -0.05) is 59.8 Å². The molecule has 194 valence electrons. The summed E-state index contributed by atoms with van der Waals surface area (Å²) < 4.78 is 11.1. The number of hydrogen-bond acceptors (Lipinski definition) is 7. The normalized spacial score (nSPS) is 18.7. The van der Waals surface area contributed by atoms with Crippen LogP contribution in [0.25, 0.3) is 0 Å².